The van der Waals surface area contributed by atoms with E-state index >= 15 is 0 Å². The minimum absolute atomic E-state index is 0.0400. The minimum Gasteiger partial charge on any atom is -0.230 e. The molecule has 3 rings (SSSR count). The van der Waals surface area contributed by atoms with Crippen molar-refractivity contribution in [2.45, 2.75) is 83.8 Å². The van der Waals surface area contributed by atoms with Crippen LogP contribution in [-0.4, -0.2) is 11.2 Å². The van der Waals surface area contributed by atoms with Crippen molar-refractivity contribution in [2.24, 2.45) is 11.3 Å². The first-order valence-electron chi connectivity index (χ1n) is 9.21. The predicted molar refractivity (Wildman–Crippen MR) is 94.1 cm³/mol. The van der Waals surface area contributed by atoms with Gasteiger partial charge in [0.1, 0.15) is 11.2 Å². The van der Waals surface area contributed by atoms with E-state index in [1.165, 1.54) is 18.4 Å². The molecular weight excluding hydrogens is 284 g/mol. The lowest BCUT2D eigenvalue weighted by molar-refractivity contribution is -0.355. The molecule has 1 unspecified atom stereocenters. The van der Waals surface area contributed by atoms with E-state index in [4.69, 9.17) is 9.78 Å². The molecular formula is C21H32O2. The third-order valence-electron chi connectivity index (χ3n) is 5.93. The van der Waals surface area contributed by atoms with Crippen LogP contribution in [-0.2, 0) is 16.2 Å². The van der Waals surface area contributed by atoms with Crippen LogP contribution in [0.3, 0.4) is 0 Å². The molecule has 0 N–H and O–H groups in total. The Kier molecular flexibility index (Phi) is 4.59. The lowest BCUT2D eigenvalue weighted by Gasteiger charge is -2.41. The van der Waals surface area contributed by atoms with Crippen LogP contribution in [0.4, 0.5) is 0 Å². The van der Waals surface area contributed by atoms with Gasteiger partial charge in [-0.3, -0.25) is 0 Å². The van der Waals surface area contributed by atoms with Gasteiger partial charge in [0.25, 0.3) is 0 Å². The molecule has 1 aromatic carbocycles. The summed E-state index contributed by atoms with van der Waals surface area (Å²) in [7, 11) is 0. The summed E-state index contributed by atoms with van der Waals surface area (Å²) in [6, 6.07) is 10.7. The third kappa shape index (κ3) is 3.97. The molecule has 1 aliphatic carbocycles. The van der Waals surface area contributed by atoms with Crippen LogP contribution >= 0.6 is 0 Å². The van der Waals surface area contributed by atoms with Crippen LogP contribution in [0, 0.1) is 11.3 Å². The van der Waals surface area contributed by atoms with Crippen molar-refractivity contribution < 1.29 is 9.78 Å². The largest absolute Gasteiger partial charge is 0.230 e. The van der Waals surface area contributed by atoms with Crippen LogP contribution in [0.5, 0.6) is 0 Å². The van der Waals surface area contributed by atoms with Crippen molar-refractivity contribution in [3.8, 4) is 0 Å². The molecule has 1 heterocycles. The zero-order valence-corrected chi connectivity index (χ0v) is 15.2. The van der Waals surface area contributed by atoms with Crippen molar-refractivity contribution >= 4 is 0 Å². The lowest BCUT2D eigenvalue weighted by atomic mass is 9.65. The van der Waals surface area contributed by atoms with Crippen LogP contribution in [0.2, 0.25) is 0 Å². The molecule has 1 saturated heterocycles. The van der Waals surface area contributed by atoms with Gasteiger partial charge in [-0.05, 0) is 55.9 Å². The molecule has 2 aliphatic rings. The predicted octanol–water partition coefficient (Wildman–Crippen LogP) is 5.70. The second-order valence-electron chi connectivity index (χ2n) is 9.12. The SMILES string of the molecule is CC1(CCc2ccccc2)C[C@]2(CCC[C@@H](C(C)(C)C)C2)OO1. The van der Waals surface area contributed by atoms with Gasteiger partial charge < -0.3 is 0 Å². The molecule has 2 fully saturated rings. The number of hydrogen-bond acceptors (Lipinski definition) is 2. The molecule has 3 atom stereocenters. The molecule has 1 saturated carbocycles. The number of rotatable bonds is 3. The number of aryl methyl sites for hydroxylation is 1. The fourth-order valence-corrected chi connectivity index (χ4v) is 4.41. The van der Waals surface area contributed by atoms with E-state index in [1.54, 1.807) is 0 Å². The van der Waals surface area contributed by atoms with Crippen molar-refractivity contribution in [2.75, 3.05) is 0 Å². The first-order chi connectivity index (χ1) is 10.8. The Labute approximate surface area is 141 Å². The number of hydrogen-bond donors (Lipinski definition) is 0. The molecule has 0 bridgehead atoms. The topological polar surface area (TPSA) is 18.5 Å². The molecule has 0 radical (unpaired) electrons. The highest BCUT2D eigenvalue weighted by molar-refractivity contribution is 5.15. The maximum Gasteiger partial charge on any atom is 0.107 e. The van der Waals surface area contributed by atoms with E-state index in [-0.39, 0.29) is 11.2 Å². The zero-order chi connectivity index (χ0) is 16.6. The Balaban J connectivity index is 1.62. The summed E-state index contributed by atoms with van der Waals surface area (Å²) in [5.74, 6) is 0.733. The van der Waals surface area contributed by atoms with Gasteiger partial charge >= 0.3 is 0 Å². The average molecular weight is 316 g/mol. The van der Waals surface area contributed by atoms with E-state index in [2.05, 4.69) is 58.0 Å². The fraction of sp³-hybridized carbons (Fsp3) is 0.714. The smallest absolute Gasteiger partial charge is 0.107 e. The average Bonchev–Trinajstić information content (AvgIpc) is 2.83. The summed E-state index contributed by atoms with van der Waals surface area (Å²) in [6.07, 6.45) is 8.02. The molecule has 23 heavy (non-hydrogen) atoms. The monoisotopic (exact) mass is 316 g/mol. The molecule has 1 aliphatic heterocycles. The summed E-state index contributed by atoms with van der Waals surface area (Å²) in [5, 5.41) is 0. The molecule has 128 valence electrons. The summed E-state index contributed by atoms with van der Waals surface area (Å²) in [5.41, 5.74) is 1.56. The van der Waals surface area contributed by atoms with Crippen molar-refractivity contribution in [1.82, 2.24) is 0 Å². The highest BCUT2D eigenvalue weighted by atomic mass is 17.2. The lowest BCUT2D eigenvalue weighted by Crippen LogP contribution is -2.40. The Morgan fingerprint density at radius 2 is 1.87 bits per heavy atom. The summed E-state index contributed by atoms with van der Waals surface area (Å²) >= 11 is 0. The van der Waals surface area contributed by atoms with Gasteiger partial charge in [0, 0.05) is 6.42 Å². The molecule has 0 amide bonds. The Morgan fingerprint density at radius 3 is 2.57 bits per heavy atom. The Morgan fingerprint density at radius 1 is 1.13 bits per heavy atom. The third-order valence-corrected chi connectivity index (χ3v) is 5.93. The zero-order valence-electron chi connectivity index (χ0n) is 15.2. The molecule has 2 heteroatoms. The van der Waals surface area contributed by atoms with E-state index in [9.17, 15) is 0 Å². The Bertz CT molecular complexity index is 518. The van der Waals surface area contributed by atoms with Gasteiger partial charge in [-0.2, -0.15) is 0 Å². The Hall–Kier alpha value is -0.860. The van der Waals surface area contributed by atoms with Crippen LogP contribution in [0.15, 0.2) is 30.3 Å². The van der Waals surface area contributed by atoms with Gasteiger partial charge in [0.15, 0.2) is 0 Å². The van der Waals surface area contributed by atoms with Gasteiger partial charge in [-0.15, -0.1) is 0 Å². The van der Waals surface area contributed by atoms with E-state index < -0.39 is 0 Å². The fourth-order valence-electron chi connectivity index (χ4n) is 4.41. The normalized spacial score (nSPS) is 34.9. The second-order valence-corrected chi connectivity index (χ2v) is 9.12. The highest BCUT2D eigenvalue weighted by Crippen LogP contribution is 2.51. The first-order valence-corrected chi connectivity index (χ1v) is 9.21. The van der Waals surface area contributed by atoms with Gasteiger partial charge in [-0.25, -0.2) is 9.78 Å². The minimum atomic E-state index is -0.143. The molecule has 0 aromatic heterocycles. The van der Waals surface area contributed by atoms with Crippen LogP contribution in [0.25, 0.3) is 0 Å². The molecule has 2 nitrogen and oxygen atoms in total. The van der Waals surface area contributed by atoms with Crippen LogP contribution < -0.4 is 0 Å². The maximum atomic E-state index is 6.01. The van der Waals surface area contributed by atoms with Gasteiger partial charge in [-0.1, -0.05) is 57.5 Å². The van der Waals surface area contributed by atoms with E-state index in [0.29, 0.717) is 5.41 Å². The molecule has 1 aromatic rings. The highest BCUT2D eigenvalue weighted by Gasteiger charge is 2.52. The summed E-state index contributed by atoms with van der Waals surface area (Å²) in [6.45, 7) is 9.31. The molecule has 1 spiro atoms. The van der Waals surface area contributed by atoms with Crippen LogP contribution in [0.1, 0.15) is 71.8 Å². The van der Waals surface area contributed by atoms with Crippen molar-refractivity contribution in [3.63, 3.8) is 0 Å². The van der Waals surface area contributed by atoms with Crippen molar-refractivity contribution in [3.05, 3.63) is 35.9 Å². The second kappa shape index (κ2) is 6.22. The summed E-state index contributed by atoms with van der Waals surface area (Å²) in [4.78, 5) is 11.9. The summed E-state index contributed by atoms with van der Waals surface area (Å²) < 4.78 is 0. The van der Waals surface area contributed by atoms with Crippen molar-refractivity contribution in [1.29, 1.82) is 0 Å². The van der Waals surface area contributed by atoms with E-state index in [0.717, 1.165) is 38.0 Å². The quantitative estimate of drug-likeness (QED) is 0.665. The van der Waals surface area contributed by atoms with Gasteiger partial charge in [0.2, 0.25) is 0 Å². The standard InChI is InChI=1S/C21H32O2/c1-19(2,3)18-11-8-13-21(15-18)16-20(4,22-23-21)14-12-17-9-6-5-7-10-17/h5-7,9-10,18H,8,11-16H2,1-4H3/t18-,20?,21-/m1/s1. The first kappa shape index (κ1) is 17.0. The van der Waals surface area contributed by atoms with E-state index in [1.807, 2.05) is 0 Å². The number of benzene rings is 1. The maximum absolute atomic E-state index is 6.01. The van der Waals surface area contributed by atoms with Gasteiger partial charge in [0.05, 0.1) is 0 Å².